The maximum atomic E-state index is 12.1. The average Bonchev–Trinajstić information content (AvgIpc) is 2.53. The second kappa shape index (κ2) is 6.27. The van der Waals surface area contributed by atoms with Crippen molar-refractivity contribution in [2.75, 3.05) is 5.73 Å². The van der Waals surface area contributed by atoms with Crippen LogP contribution < -0.4 is 5.73 Å². The van der Waals surface area contributed by atoms with Gasteiger partial charge in [-0.1, -0.05) is 60.7 Å². The van der Waals surface area contributed by atoms with Gasteiger partial charge in [0.15, 0.2) is 5.78 Å². The molecule has 0 aliphatic heterocycles. The van der Waals surface area contributed by atoms with Gasteiger partial charge in [0, 0.05) is 12.1 Å². The number of hydrogen-bond acceptors (Lipinski definition) is 2. The highest BCUT2D eigenvalue weighted by molar-refractivity contribution is 5.95. The normalized spacial score (nSPS) is 11.1. The van der Waals surface area contributed by atoms with Crippen LogP contribution in [-0.2, 0) is 11.2 Å². The van der Waals surface area contributed by atoms with Gasteiger partial charge in [0.05, 0.1) is 0 Å². The fourth-order valence-corrected chi connectivity index (χ4v) is 2.46. The topological polar surface area (TPSA) is 43.1 Å². The van der Waals surface area contributed by atoms with Crippen molar-refractivity contribution < 1.29 is 4.79 Å². The molecule has 22 heavy (non-hydrogen) atoms. The van der Waals surface area contributed by atoms with Crippen LogP contribution in [-0.4, -0.2) is 5.78 Å². The Morgan fingerprint density at radius 1 is 0.909 bits per heavy atom. The Kier molecular flexibility index (Phi) is 4.01. The Bertz CT molecular complexity index is 849. The number of fused-ring (bicyclic) bond motifs is 1. The highest BCUT2D eigenvalue weighted by atomic mass is 16.1. The highest BCUT2D eigenvalue weighted by Crippen LogP contribution is 2.16. The molecule has 0 bridgehead atoms. The molecule has 0 spiro atoms. The first-order valence-electron chi connectivity index (χ1n) is 7.25. The van der Waals surface area contributed by atoms with Crippen LogP contribution in [0.25, 0.3) is 16.8 Å². The molecule has 0 unspecified atom stereocenters. The molecular formula is C20H17NO. The van der Waals surface area contributed by atoms with E-state index in [1.807, 2.05) is 42.5 Å². The summed E-state index contributed by atoms with van der Waals surface area (Å²) in [5.74, 6) is 0.0812. The summed E-state index contributed by atoms with van der Waals surface area (Å²) in [6.45, 7) is 0. The first-order chi connectivity index (χ1) is 10.7. The summed E-state index contributed by atoms with van der Waals surface area (Å²) in [5, 5.41) is 2.35. The fourth-order valence-electron chi connectivity index (χ4n) is 2.46. The van der Waals surface area contributed by atoms with Gasteiger partial charge in [-0.05, 0) is 40.1 Å². The molecule has 0 amide bonds. The van der Waals surface area contributed by atoms with E-state index in [-0.39, 0.29) is 5.78 Å². The van der Waals surface area contributed by atoms with Gasteiger partial charge in [-0.15, -0.1) is 0 Å². The minimum Gasteiger partial charge on any atom is -0.399 e. The zero-order valence-corrected chi connectivity index (χ0v) is 12.2. The van der Waals surface area contributed by atoms with Crippen LogP contribution in [0.15, 0.2) is 72.8 Å². The van der Waals surface area contributed by atoms with Gasteiger partial charge in [0.1, 0.15) is 0 Å². The van der Waals surface area contributed by atoms with E-state index >= 15 is 0 Å². The van der Waals surface area contributed by atoms with E-state index in [9.17, 15) is 4.79 Å². The predicted octanol–water partition coefficient (Wildman–Crippen LogP) is 4.25. The van der Waals surface area contributed by atoms with E-state index in [1.165, 1.54) is 5.39 Å². The Labute approximate surface area is 129 Å². The van der Waals surface area contributed by atoms with Crippen molar-refractivity contribution in [3.05, 3.63) is 83.9 Å². The van der Waals surface area contributed by atoms with E-state index in [2.05, 4.69) is 24.3 Å². The van der Waals surface area contributed by atoms with Crippen LogP contribution in [0.4, 0.5) is 5.69 Å². The molecule has 0 aliphatic rings. The molecule has 0 saturated carbocycles. The Balaban J connectivity index is 1.72. The summed E-state index contributed by atoms with van der Waals surface area (Å²) in [4.78, 5) is 12.1. The molecule has 3 rings (SSSR count). The number of ketones is 1. The second-order valence-electron chi connectivity index (χ2n) is 5.33. The lowest BCUT2D eigenvalue weighted by Crippen LogP contribution is -1.98. The van der Waals surface area contributed by atoms with E-state index in [0.29, 0.717) is 12.1 Å². The van der Waals surface area contributed by atoms with Crippen LogP contribution in [0.2, 0.25) is 0 Å². The summed E-state index contributed by atoms with van der Waals surface area (Å²) in [7, 11) is 0. The average molecular weight is 287 g/mol. The van der Waals surface area contributed by atoms with Crippen LogP contribution in [0.5, 0.6) is 0 Å². The van der Waals surface area contributed by atoms with E-state index in [1.54, 1.807) is 12.2 Å². The molecule has 0 heterocycles. The van der Waals surface area contributed by atoms with E-state index in [0.717, 1.165) is 16.5 Å². The Hall–Kier alpha value is -2.87. The molecule has 3 aromatic rings. The third-order valence-electron chi connectivity index (χ3n) is 3.56. The van der Waals surface area contributed by atoms with Gasteiger partial charge in [0.2, 0.25) is 0 Å². The molecule has 0 aromatic heterocycles. The molecule has 3 aromatic carbocycles. The lowest BCUT2D eigenvalue weighted by Gasteiger charge is -2.02. The quantitative estimate of drug-likeness (QED) is 0.576. The van der Waals surface area contributed by atoms with Gasteiger partial charge >= 0.3 is 0 Å². The van der Waals surface area contributed by atoms with E-state index in [4.69, 9.17) is 5.73 Å². The fraction of sp³-hybridized carbons (Fsp3) is 0.0500. The highest BCUT2D eigenvalue weighted by Gasteiger charge is 2.01. The molecule has 0 atom stereocenters. The minimum absolute atomic E-state index is 0.0812. The van der Waals surface area contributed by atoms with E-state index < -0.39 is 0 Å². The molecule has 108 valence electrons. The standard InChI is InChI=1S/C20H17NO/c21-19-7-3-4-15(13-19)9-11-20(22)14-16-8-10-17-5-1-2-6-18(17)12-16/h1-13H,14,21H2/b11-9+. The number of nitrogens with two attached hydrogens (primary N) is 1. The first kappa shape index (κ1) is 14.1. The minimum atomic E-state index is 0.0812. The van der Waals surface area contributed by atoms with Gasteiger partial charge in [0.25, 0.3) is 0 Å². The SMILES string of the molecule is Nc1cccc(/C=C/C(=O)Cc2ccc3ccccc3c2)c1. The van der Waals surface area contributed by atoms with Gasteiger partial charge in [-0.2, -0.15) is 0 Å². The van der Waals surface area contributed by atoms with Gasteiger partial charge < -0.3 is 5.73 Å². The van der Waals surface area contributed by atoms with Crippen LogP contribution in [0.1, 0.15) is 11.1 Å². The number of rotatable bonds is 4. The van der Waals surface area contributed by atoms with Crippen molar-refractivity contribution >= 4 is 28.3 Å². The second-order valence-corrected chi connectivity index (χ2v) is 5.33. The molecule has 0 fully saturated rings. The number of hydrogen-bond donors (Lipinski definition) is 1. The van der Waals surface area contributed by atoms with Crippen molar-refractivity contribution in [2.24, 2.45) is 0 Å². The molecule has 0 saturated heterocycles. The number of anilines is 1. The van der Waals surface area contributed by atoms with Crippen molar-refractivity contribution in [2.45, 2.75) is 6.42 Å². The number of carbonyl (C=O) groups excluding carboxylic acids is 1. The van der Waals surface area contributed by atoms with Crippen LogP contribution in [0, 0.1) is 0 Å². The molecule has 2 nitrogen and oxygen atoms in total. The molecule has 0 aliphatic carbocycles. The third-order valence-corrected chi connectivity index (χ3v) is 3.56. The number of benzene rings is 3. The molecule has 2 heteroatoms. The zero-order valence-electron chi connectivity index (χ0n) is 12.2. The maximum Gasteiger partial charge on any atom is 0.160 e. The van der Waals surface area contributed by atoms with Crippen molar-refractivity contribution in [3.63, 3.8) is 0 Å². The number of allylic oxidation sites excluding steroid dienone is 1. The van der Waals surface area contributed by atoms with Gasteiger partial charge in [-0.25, -0.2) is 0 Å². The van der Waals surface area contributed by atoms with Crippen molar-refractivity contribution in [3.8, 4) is 0 Å². The van der Waals surface area contributed by atoms with Crippen LogP contribution in [0.3, 0.4) is 0 Å². The van der Waals surface area contributed by atoms with Crippen molar-refractivity contribution in [1.29, 1.82) is 0 Å². The molecular weight excluding hydrogens is 270 g/mol. The number of nitrogen functional groups attached to an aromatic ring is 1. The predicted molar refractivity (Wildman–Crippen MR) is 92.5 cm³/mol. The summed E-state index contributed by atoms with van der Waals surface area (Å²) < 4.78 is 0. The van der Waals surface area contributed by atoms with Gasteiger partial charge in [-0.3, -0.25) is 4.79 Å². The Morgan fingerprint density at radius 2 is 1.73 bits per heavy atom. The summed E-state index contributed by atoms with van der Waals surface area (Å²) in [5.41, 5.74) is 8.39. The summed E-state index contributed by atoms with van der Waals surface area (Å²) >= 11 is 0. The molecule has 2 N–H and O–H groups in total. The molecule has 0 radical (unpaired) electrons. The summed E-state index contributed by atoms with van der Waals surface area (Å²) in [6.07, 6.45) is 3.83. The van der Waals surface area contributed by atoms with Crippen LogP contribution >= 0.6 is 0 Å². The van der Waals surface area contributed by atoms with Crippen molar-refractivity contribution in [1.82, 2.24) is 0 Å². The lowest BCUT2D eigenvalue weighted by molar-refractivity contribution is -0.113. The number of carbonyl (C=O) groups is 1. The maximum absolute atomic E-state index is 12.1. The third kappa shape index (κ3) is 3.41. The smallest absolute Gasteiger partial charge is 0.160 e. The monoisotopic (exact) mass is 287 g/mol. The summed E-state index contributed by atoms with van der Waals surface area (Å²) in [6, 6.07) is 21.8. The largest absolute Gasteiger partial charge is 0.399 e. The first-order valence-corrected chi connectivity index (χ1v) is 7.25. The zero-order chi connectivity index (χ0) is 15.4. The Morgan fingerprint density at radius 3 is 2.55 bits per heavy atom. The lowest BCUT2D eigenvalue weighted by atomic mass is 10.0.